The number of benzene rings is 3. The Balaban J connectivity index is 0.000000205. The van der Waals surface area contributed by atoms with Gasteiger partial charge in [-0.2, -0.15) is 0 Å². The topological polar surface area (TPSA) is 213 Å². The summed E-state index contributed by atoms with van der Waals surface area (Å²) in [4.78, 5) is 39.3. The van der Waals surface area contributed by atoms with Crippen LogP contribution in [0.2, 0.25) is 0 Å². The van der Waals surface area contributed by atoms with Crippen molar-refractivity contribution in [2.24, 2.45) is 11.3 Å². The monoisotopic (exact) mass is 1530 g/mol. The highest BCUT2D eigenvalue weighted by molar-refractivity contribution is 9.10. The van der Waals surface area contributed by atoms with Gasteiger partial charge in [0, 0.05) is 21.0 Å². The number of carbonyl (C=O) groups excluding carboxylic acids is 3. The van der Waals surface area contributed by atoms with Gasteiger partial charge in [-0.3, -0.25) is 0 Å². The van der Waals surface area contributed by atoms with Crippen molar-refractivity contribution in [3.05, 3.63) is 157 Å². The molecule has 6 aliphatic rings. The summed E-state index contributed by atoms with van der Waals surface area (Å²) in [5.41, 5.74) is 10.1. The number of epoxide rings is 1. The average Bonchev–Trinajstić information content (AvgIpc) is 1.76. The molecule has 9 rings (SSSR count). The second-order valence-corrected chi connectivity index (χ2v) is 35.2. The fourth-order valence-corrected chi connectivity index (χ4v) is 15.8. The fourth-order valence-electron chi connectivity index (χ4n) is 14.3. The number of hydrogen-bond donors (Lipinski definition) is 6. The number of aromatic hydroxyl groups is 3. The summed E-state index contributed by atoms with van der Waals surface area (Å²) in [5.74, 6) is -0.442. The van der Waals surface area contributed by atoms with Gasteiger partial charge in [0.2, 0.25) is 0 Å². The Labute approximate surface area is 604 Å². The second-order valence-electron chi connectivity index (χ2n) is 31.0. The Morgan fingerprint density at radius 2 is 1.14 bits per heavy atom. The van der Waals surface area contributed by atoms with Crippen LogP contribution in [0.1, 0.15) is 261 Å². The molecule has 13 nitrogen and oxygen atoms in total. The molecule has 0 aromatic heterocycles. The van der Waals surface area contributed by atoms with Gasteiger partial charge in [-0.05, 0) is 297 Å². The van der Waals surface area contributed by atoms with E-state index in [2.05, 4.69) is 121 Å². The highest BCUT2D eigenvalue weighted by Gasteiger charge is 2.52. The number of aliphatic hydroxyl groups is 3. The van der Waals surface area contributed by atoms with E-state index in [-0.39, 0.29) is 39.2 Å². The maximum atomic E-state index is 13.2. The van der Waals surface area contributed by atoms with E-state index >= 15 is 0 Å². The molecular formula is C81H111Br3O13. The molecule has 0 radical (unpaired) electrons. The molecule has 1 saturated heterocycles. The number of halogens is 3. The summed E-state index contributed by atoms with van der Waals surface area (Å²) in [5, 5.41) is 64.6. The van der Waals surface area contributed by atoms with Crippen LogP contribution >= 0.6 is 47.8 Å². The number of ether oxygens (including phenoxy) is 4. The SMILES string of the molecule is CC(C)=CCC[C@@](C)(O)[C@@H]1CC/C(C)=C/CC/C(C)=C/Cc2cc(ccc2O)C(=O)O1.CC1=C2Cc3cc(ccc3O)C(=O)O[C@H](C(C)(C)Br)CC[C@](C)(O)[C@H](Br)CC[C@]2(C)[C@@H](Br)CC1.CC1=CC[C@@H]2O[C@@]2(C)CC[C@@H](C(C)(C)O)OC(=O)c2ccc(O)c(c2)CC2=C(C)CCC12. The molecule has 534 valence electrons. The van der Waals surface area contributed by atoms with Crippen LogP contribution in [0.25, 0.3) is 0 Å². The van der Waals surface area contributed by atoms with Gasteiger partial charge in [-0.25, -0.2) is 14.4 Å². The van der Waals surface area contributed by atoms with Gasteiger partial charge in [0.15, 0.2) is 0 Å². The van der Waals surface area contributed by atoms with Crippen LogP contribution in [-0.4, -0.2) is 109 Å². The summed E-state index contributed by atoms with van der Waals surface area (Å²) in [6, 6.07) is 14.7. The van der Waals surface area contributed by atoms with Crippen molar-refractivity contribution >= 4 is 65.7 Å². The van der Waals surface area contributed by atoms with Crippen LogP contribution in [0.4, 0.5) is 0 Å². The fraction of sp³-hybridized carbons (Fsp3) is 0.593. The molecule has 16 heteroatoms. The van der Waals surface area contributed by atoms with E-state index < -0.39 is 57.3 Å². The summed E-state index contributed by atoms with van der Waals surface area (Å²) in [6.45, 7) is 30.1. The Hall–Kier alpha value is -4.81. The summed E-state index contributed by atoms with van der Waals surface area (Å²) >= 11 is 11.4. The molecule has 11 atom stereocenters. The van der Waals surface area contributed by atoms with E-state index in [0.29, 0.717) is 90.8 Å². The minimum Gasteiger partial charge on any atom is -0.508 e. The molecule has 4 aliphatic heterocycles. The van der Waals surface area contributed by atoms with Crippen molar-refractivity contribution in [3.63, 3.8) is 0 Å². The number of rotatable bonds is 6. The smallest absolute Gasteiger partial charge is 0.338 e. The maximum absolute atomic E-state index is 13.2. The van der Waals surface area contributed by atoms with E-state index in [1.54, 1.807) is 75.4 Å². The van der Waals surface area contributed by atoms with Gasteiger partial charge in [0.05, 0.1) is 49.5 Å². The van der Waals surface area contributed by atoms with Crippen molar-refractivity contribution < 1.29 is 64.0 Å². The zero-order chi connectivity index (χ0) is 71.8. The number of esters is 3. The van der Waals surface area contributed by atoms with E-state index in [1.807, 2.05) is 34.6 Å². The highest BCUT2D eigenvalue weighted by Crippen LogP contribution is 2.51. The molecular weight excluding hydrogens is 1420 g/mol. The van der Waals surface area contributed by atoms with Crippen molar-refractivity contribution in [1.82, 2.24) is 0 Å². The van der Waals surface area contributed by atoms with E-state index in [0.717, 1.165) is 81.8 Å². The molecule has 6 bridgehead atoms. The Morgan fingerprint density at radius 3 is 1.73 bits per heavy atom. The zero-order valence-electron chi connectivity index (χ0n) is 60.4. The summed E-state index contributed by atoms with van der Waals surface area (Å²) in [6.07, 6.45) is 22.4. The van der Waals surface area contributed by atoms with E-state index in [1.165, 1.54) is 44.6 Å². The number of allylic oxidation sites excluding steroid dienone is 11. The Bertz CT molecular complexity index is 3500. The molecule has 97 heavy (non-hydrogen) atoms. The highest BCUT2D eigenvalue weighted by atomic mass is 79.9. The van der Waals surface area contributed by atoms with Gasteiger partial charge >= 0.3 is 17.9 Å². The van der Waals surface area contributed by atoms with Gasteiger partial charge in [-0.15, -0.1) is 0 Å². The lowest BCUT2D eigenvalue weighted by molar-refractivity contribution is -0.0814. The average molecular weight is 1530 g/mol. The van der Waals surface area contributed by atoms with Crippen LogP contribution in [0, 0.1) is 11.3 Å². The molecule has 3 aromatic rings. The number of alkyl halides is 3. The van der Waals surface area contributed by atoms with Crippen LogP contribution in [0.5, 0.6) is 17.2 Å². The first-order valence-corrected chi connectivity index (χ1v) is 37.7. The van der Waals surface area contributed by atoms with Crippen molar-refractivity contribution in [2.45, 2.75) is 293 Å². The van der Waals surface area contributed by atoms with Crippen LogP contribution in [0.3, 0.4) is 0 Å². The third-order valence-electron chi connectivity index (χ3n) is 21.5. The third kappa shape index (κ3) is 21.6. The lowest BCUT2D eigenvalue weighted by Gasteiger charge is -2.43. The van der Waals surface area contributed by atoms with Crippen molar-refractivity contribution in [1.29, 1.82) is 0 Å². The number of phenolic OH excluding ortho intramolecular Hbond substituents is 3. The molecule has 1 fully saturated rings. The predicted octanol–water partition coefficient (Wildman–Crippen LogP) is 19.3. The van der Waals surface area contributed by atoms with Crippen LogP contribution in [-0.2, 0) is 38.2 Å². The number of cyclic esters (lactones) is 3. The molecule has 3 aromatic carbocycles. The molecule has 0 spiro atoms. The first kappa shape index (κ1) is 79.5. The largest absolute Gasteiger partial charge is 0.508 e. The van der Waals surface area contributed by atoms with Gasteiger partial charge in [0.1, 0.15) is 35.6 Å². The molecule has 6 N–H and O–H groups in total. The lowest BCUT2D eigenvalue weighted by atomic mass is 9.66. The summed E-state index contributed by atoms with van der Waals surface area (Å²) in [7, 11) is 0. The molecule has 0 amide bonds. The second kappa shape index (κ2) is 33.3. The van der Waals surface area contributed by atoms with Gasteiger partial charge in [-0.1, -0.05) is 124 Å². The van der Waals surface area contributed by atoms with Crippen LogP contribution < -0.4 is 0 Å². The number of phenols is 3. The summed E-state index contributed by atoms with van der Waals surface area (Å²) < 4.78 is 23.2. The quantitative estimate of drug-likeness (QED) is 0.0446. The predicted molar refractivity (Wildman–Crippen MR) is 398 cm³/mol. The molecule has 2 aliphatic carbocycles. The normalized spacial score (nSPS) is 29.9. The van der Waals surface area contributed by atoms with Gasteiger partial charge < -0.3 is 49.6 Å². The maximum Gasteiger partial charge on any atom is 0.338 e. The van der Waals surface area contributed by atoms with E-state index in [4.69, 9.17) is 18.9 Å². The van der Waals surface area contributed by atoms with Crippen LogP contribution in [0.15, 0.2) is 123 Å². The first-order valence-electron chi connectivity index (χ1n) is 35.1. The minimum atomic E-state index is -1.17. The number of fused-ring (bicyclic) bond motifs is 9. The number of hydrogen-bond acceptors (Lipinski definition) is 13. The Morgan fingerprint density at radius 1 is 0.608 bits per heavy atom. The first-order chi connectivity index (χ1) is 45.2. The third-order valence-corrected chi connectivity index (χ3v) is 24.9. The minimum absolute atomic E-state index is 0.102. The number of carbonyl (C=O) groups is 3. The lowest BCUT2D eigenvalue weighted by Crippen LogP contribution is -2.42. The molecule has 4 heterocycles. The zero-order valence-corrected chi connectivity index (χ0v) is 65.1. The molecule has 1 unspecified atom stereocenters. The van der Waals surface area contributed by atoms with Gasteiger partial charge in [0.25, 0.3) is 0 Å². The van der Waals surface area contributed by atoms with Crippen molar-refractivity contribution in [3.8, 4) is 17.2 Å². The Kier molecular flexibility index (Phi) is 27.3. The standard InChI is InChI=1S/C27H37Br3O4.C27H36O5.C27H38O4/c1-16-6-9-21(28)26(4)12-10-22(29)27(5,33)13-11-23(25(2,3)30)34-24(32)17-7-8-20(31)18(14-17)15-19(16)26;1-16-7-11-24-27(5,32-24)13-12-23(26(3,4)30)31-25(29)18-8-10-22(28)19(14-18)15-21-17(2)6-9-20(16)21;1-19(2)8-7-17-27(5,30)25-16-12-21(4)10-6-9-20(3)11-13-22-18-23(26(29)31-25)14-15-24(22)28/h7-8,14,21-23,31,33H,6,9-13,15H2,1-5H3;7-8,10,14,20,23-24,28,30H,6,9,11-13,15H2,1-5H3;8,10-11,14-15,18,25,28,30H,6-7,9,12-13,16-17H2,1-5H3/b;;20-11+,21-10+/t21-,22+,23-,26-,27-;20?,23-,24-,27-;25-,27+/m000/s1. The van der Waals surface area contributed by atoms with Crippen molar-refractivity contribution in [2.75, 3.05) is 0 Å². The van der Waals surface area contributed by atoms with E-state index in [9.17, 15) is 45.0 Å². The molecule has 0 saturated carbocycles.